The first kappa shape index (κ1) is 13.4. The van der Waals surface area contributed by atoms with Crippen molar-refractivity contribution in [1.29, 1.82) is 0 Å². The van der Waals surface area contributed by atoms with Gasteiger partial charge in [-0.05, 0) is 36.5 Å². The van der Waals surface area contributed by atoms with E-state index in [0.717, 1.165) is 19.6 Å². The maximum Gasteiger partial charge on any atom is 0.0503 e. The summed E-state index contributed by atoms with van der Waals surface area (Å²) in [4.78, 5) is 0. The molecule has 0 aliphatic carbocycles. The molecule has 0 unspecified atom stereocenters. The van der Waals surface area contributed by atoms with Gasteiger partial charge in [-0.25, -0.2) is 0 Å². The molecule has 1 N–H and O–H groups in total. The van der Waals surface area contributed by atoms with Gasteiger partial charge in [-0.3, -0.25) is 0 Å². The molecule has 0 atom stereocenters. The Kier molecular flexibility index (Phi) is 7.10. The lowest BCUT2D eigenvalue weighted by molar-refractivity contribution is 0.202. The van der Waals surface area contributed by atoms with Crippen molar-refractivity contribution >= 4 is 17.4 Å². The summed E-state index contributed by atoms with van der Waals surface area (Å²) in [6.07, 6.45) is 4.33. The van der Waals surface area contributed by atoms with Gasteiger partial charge in [0.2, 0.25) is 0 Å². The maximum atomic E-state index is 5.11. The second-order valence-corrected chi connectivity index (χ2v) is 4.66. The number of nitrogens with one attached hydrogen (secondary N) is 1. The van der Waals surface area contributed by atoms with Gasteiger partial charge >= 0.3 is 0 Å². The second-order valence-electron chi connectivity index (χ2n) is 3.67. The molecule has 16 heavy (non-hydrogen) atoms. The molecule has 0 saturated carbocycles. The Bertz CT molecular complexity index is 291. The first-order chi connectivity index (χ1) is 7.88. The van der Waals surface area contributed by atoms with Gasteiger partial charge in [0.25, 0.3) is 0 Å². The molecule has 0 heterocycles. The first-order valence-electron chi connectivity index (χ1n) is 5.68. The lowest BCUT2D eigenvalue weighted by atomic mass is 10.1. The van der Waals surface area contributed by atoms with Crippen LogP contribution in [0.2, 0.25) is 0 Å². The van der Waals surface area contributed by atoms with E-state index in [1.807, 2.05) is 11.8 Å². The first-order valence-corrected chi connectivity index (χ1v) is 7.07. The normalized spacial score (nSPS) is 10.4. The summed E-state index contributed by atoms with van der Waals surface area (Å²) in [6.45, 7) is 1.83. The quantitative estimate of drug-likeness (QED) is 0.705. The number of benzene rings is 1. The maximum absolute atomic E-state index is 5.11. The highest BCUT2D eigenvalue weighted by atomic mass is 32.2. The minimum Gasteiger partial charge on any atom is -0.385 e. The van der Waals surface area contributed by atoms with E-state index < -0.39 is 0 Å². The van der Waals surface area contributed by atoms with Gasteiger partial charge in [0.15, 0.2) is 0 Å². The predicted molar refractivity (Wildman–Crippen MR) is 73.5 cm³/mol. The summed E-state index contributed by atoms with van der Waals surface area (Å²) < 4.78 is 5.11. The molecule has 0 spiro atoms. The highest BCUT2D eigenvalue weighted by Crippen LogP contribution is 2.15. The van der Waals surface area contributed by atoms with Crippen LogP contribution >= 0.6 is 11.8 Å². The van der Waals surface area contributed by atoms with Crippen molar-refractivity contribution < 1.29 is 4.74 Å². The molecule has 0 bridgehead atoms. The van der Waals surface area contributed by atoms with E-state index >= 15 is 0 Å². The van der Waals surface area contributed by atoms with E-state index in [0.29, 0.717) is 0 Å². The van der Waals surface area contributed by atoms with Crippen LogP contribution in [-0.4, -0.2) is 32.3 Å². The van der Waals surface area contributed by atoms with Crippen LogP contribution in [0.1, 0.15) is 12.0 Å². The molecule has 0 saturated heterocycles. The van der Waals surface area contributed by atoms with Gasteiger partial charge in [-0.2, -0.15) is 11.8 Å². The molecule has 0 aliphatic rings. The molecule has 1 rings (SSSR count). The fourth-order valence-corrected chi connectivity index (χ4v) is 2.00. The molecular weight excluding hydrogens is 218 g/mol. The summed E-state index contributed by atoms with van der Waals surface area (Å²) in [5, 5.41) is 3.49. The molecule has 0 amide bonds. The van der Waals surface area contributed by atoms with E-state index in [-0.39, 0.29) is 0 Å². The van der Waals surface area contributed by atoms with Crippen LogP contribution in [0.3, 0.4) is 0 Å². The minimum atomic E-state index is 0.781. The van der Waals surface area contributed by atoms with Gasteiger partial charge in [0.1, 0.15) is 0 Å². The van der Waals surface area contributed by atoms with Crippen molar-refractivity contribution in [3.8, 4) is 0 Å². The smallest absolute Gasteiger partial charge is 0.0503 e. The Morgan fingerprint density at radius 1 is 1.31 bits per heavy atom. The number of ether oxygens (including phenoxy) is 1. The van der Waals surface area contributed by atoms with E-state index in [1.165, 1.54) is 23.4 Å². The average Bonchev–Trinajstić information content (AvgIpc) is 2.33. The van der Waals surface area contributed by atoms with Crippen LogP contribution < -0.4 is 5.32 Å². The van der Waals surface area contributed by atoms with E-state index in [2.05, 4.69) is 35.8 Å². The molecule has 1 aromatic rings. The van der Waals surface area contributed by atoms with Gasteiger partial charge in [-0.1, -0.05) is 18.2 Å². The van der Waals surface area contributed by atoms with Crippen LogP contribution in [0.4, 0.5) is 5.69 Å². The summed E-state index contributed by atoms with van der Waals surface area (Å²) in [7, 11) is 1.74. The molecule has 3 heteroatoms. The monoisotopic (exact) mass is 239 g/mol. The average molecular weight is 239 g/mol. The number of hydrogen-bond acceptors (Lipinski definition) is 3. The Morgan fingerprint density at radius 2 is 2.12 bits per heavy atom. The van der Waals surface area contributed by atoms with Gasteiger partial charge in [-0.15, -0.1) is 0 Å². The largest absolute Gasteiger partial charge is 0.385 e. The number of rotatable bonds is 8. The molecule has 0 aromatic heterocycles. The Hall–Kier alpha value is -0.670. The zero-order valence-corrected chi connectivity index (χ0v) is 11.0. The fourth-order valence-electron chi connectivity index (χ4n) is 1.56. The third-order valence-corrected chi connectivity index (χ3v) is 3.13. The third-order valence-electron chi connectivity index (χ3n) is 2.43. The highest BCUT2D eigenvalue weighted by molar-refractivity contribution is 7.98. The Labute approximate surface area is 103 Å². The number of thioether (sulfide) groups is 1. The number of para-hydroxylation sites is 1. The van der Waals surface area contributed by atoms with Crippen molar-refractivity contribution in [2.24, 2.45) is 0 Å². The highest BCUT2D eigenvalue weighted by Gasteiger charge is 2.00. The van der Waals surface area contributed by atoms with Crippen LogP contribution in [0.25, 0.3) is 0 Å². The molecule has 0 aliphatic heterocycles. The van der Waals surface area contributed by atoms with Crippen molar-refractivity contribution in [1.82, 2.24) is 0 Å². The van der Waals surface area contributed by atoms with Crippen molar-refractivity contribution in [2.75, 3.05) is 37.6 Å². The predicted octanol–water partition coefficient (Wildman–Crippen LogP) is 3.04. The Balaban J connectivity index is 2.43. The summed E-state index contributed by atoms with van der Waals surface area (Å²) >= 11 is 1.89. The second kappa shape index (κ2) is 8.48. The molecule has 1 aromatic carbocycles. The number of methoxy groups -OCH3 is 1. The number of anilines is 1. The minimum absolute atomic E-state index is 0.781. The van der Waals surface area contributed by atoms with Crippen LogP contribution in [0.5, 0.6) is 0 Å². The van der Waals surface area contributed by atoms with Crippen LogP contribution in [-0.2, 0) is 11.2 Å². The summed E-state index contributed by atoms with van der Waals surface area (Å²) in [5.74, 6) is 1.22. The van der Waals surface area contributed by atoms with E-state index in [4.69, 9.17) is 4.74 Å². The van der Waals surface area contributed by atoms with E-state index in [1.54, 1.807) is 7.11 Å². The lowest BCUT2D eigenvalue weighted by Gasteiger charge is -2.11. The standard InChI is InChI=1S/C13H21NOS/c1-15-10-8-12-6-3-4-7-13(12)14-9-5-11-16-2/h3-4,6-7,14H,5,8-11H2,1-2H3. The molecular formula is C13H21NOS. The zero-order valence-electron chi connectivity index (χ0n) is 10.2. The molecule has 0 fully saturated rings. The fraction of sp³-hybridized carbons (Fsp3) is 0.538. The van der Waals surface area contributed by atoms with Crippen molar-refractivity contribution in [2.45, 2.75) is 12.8 Å². The Morgan fingerprint density at radius 3 is 2.88 bits per heavy atom. The van der Waals surface area contributed by atoms with E-state index in [9.17, 15) is 0 Å². The summed E-state index contributed by atoms with van der Waals surface area (Å²) in [5.41, 5.74) is 2.59. The molecule has 90 valence electrons. The third kappa shape index (κ3) is 4.90. The lowest BCUT2D eigenvalue weighted by Crippen LogP contribution is -2.06. The zero-order chi connectivity index (χ0) is 11.6. The summed E-state index contributed by atoms with van der Waals surface area (Å²) in [6, 6.07) is 8.46. The topological polar surface area (TPSA) is 21.3 Å². The SMILES string of the molecule is COCCc1ccccc1NCCCSC. The number of hydrogen-bond donors (Lipinski definition) is 1. The van der Waals surface area contributed by atoms with Gasteiger partial charge < -0.3 is 10.1 Å². The molecule has 0 radical (unpaired) electrons. The van der Waals surface area contributed by atoms with Gasteiger partial charge in [0, 0.05) is 19.3 Å². The molecule has 2 nitrogen and oxygen atoms in total. The van der Waals surface area contributed by atoms with Crippen LogP contribution in [0, 0.1) is 0 Å². The van der Waals surface area contributed by atoms with Crippen molar-refractivity contribution in [3.05, 3.63) is 29.8 Å². The van der Waals surface area contributed by atoms with Crippen molar-refractivity contribution in [3.63, 3.8) is 0 Å². The van der Waals surface area contributed by atoms with Crippen LogP contribution in [0.15, 0.2) is 24.3 Å². The van der Waals surface area contributed by atoms with Gasteiger partial charge in [0.05, 0.1) is 6.61 Å².